The second-order valence-electron chi connectivity index (χ2n) is 4.44. The summed E-state index contributed by atoms with van der Waals surface area (Å²) in [5, 5.41) is 11.2. The first-order valence-corrected chi connectivity index (χ1v) is 6.32. The number of phenols is 1. The number of phenolic OH excluding ortho intramolecular Hbond substituents is 1. The minimum absolute atomic E-state index is 0.00589. The number of esters is 1. The van der Waals surface area contributed by atoms with Crippen molar-refractivity contribution in [2.45, 2.75) is 6.61 Å². The maximum absolute atomic E-state index is 11.7. The number of carbonyl (C=O) groups excluding carboxylic acids is 1. The number of ether oxygens (including phenoxy) is 3. The van der Waals surface area contributed by atoms with Gasteiger partial charge in [0, 0.05) is 10.8 Å². The Morgan fingerprint density at radius 1 is 1.19 bits per heavy atom. The molecule has 1 aliphatic rings. The molecule has 0 atom stereocenters. The summed E-state index contributed by atoms with van der Waals surface area (Å²) in [6.45, 7) is -0.00589. The monoisotopic (exact) mass is 310 g/mol. The molecule has 0 fully saturated rings. The molecule has 21 heavy (non-hydrogen) atoms. The lowest BCUT2D eigenvalue weighted by molar-refractivity contribution is 0.0533. The molecule has 0 amide bonds. The fourth-order valence-corrected chi connectivity index (χ4v) is 2.65. The molecule has 1 aliphatic heterocycles. The molecule has 3 rings (SSSR count). The molecule has 0 spiro atoms. The average Bonchev–Trinajstić information content (AvgIpc) is 2.88. The molecule has 110 valence electrons. The molecule has 1 N–H and O–H groups in total. The average molecular weight is 311 g/mol. The fraction of sp³-hybridized carbons (Fsp3) is 0.214. The van der Waals surface area contributed by atoms with Gasteiger partial charge in [0.15, 0.2) is 17.2 Å². The molecule has 0 aliphatic carbocycles. The van der Waals surface area contributed by atoms with Crippen molar-refractivity contribution >= 4 is 28.6 Å². The van der Waals surface area contributed by atoms with E-state index in [0.717, 1.165) is 0 Å². The maximum atomic E-state index is 11.7. The van der Waals surface area contributed by atoms with E-state index in [0.29, 0.717) is 27.8 Å². The lowest BCUT2D eigenvalue weighted by Crippen LogP contribution is -1.98. The minimum atomic E-state index is -0.617. The zero-order valence-corrected chi connectivity index (χ0v) is 12.0. The van der Waals surface area contributed by atoms with Crippen molar-refractivity contribution in [3.8, 4) is 23.0 Å². The van der Waals surface area contributed by atoms with Crippen LogP contribution in [0.5, 0.6) is 23.0 Å². The minimum Gasteiger partial charge on any atom is -0.506 e. The molecule has 1 heterocycles. The largest absolute Gasteiger partial charge is 0.506 e. The summed E-state index contributed by atoms with van der Waals surface area (Å²) in [5.74, 6) is 0.304. The van der Waals surface area contributed by atoms with E-state index in [9.17, 15) is 9.90 Å². The van der Waals surface area contributed by atoms with E-state index in [1.807, 2.05) is 0 Å². The Hall–Kier alpha value is -2.34. The van der Waals surface area contributed by atoms with Crippen LogP contribution in [0.15, 0.2) is 12.1 Å². The molecule has 0 radical (unpaired) electrons. The first-order valence-electron chi connectivity index (χ1n) is 6.01. The number of halogens is 1. The second-order valence-corrected chi connectivity index (χ2v) is 4.59. The Morgan fingerprint density at radius 2 is 1.81 bits per heavy atom. The zero-order chi connectivity index (χ0) is 15.1. The van der Waals surface area contributed by atoms with Gasteiger partial charge in [-0.1, -0.05) is 0 Å². The Labute approximate surface area is 124 Å². The van der Waals surface area contributed by atoms with E-state index < -0.39 is 5.97 Å². The molecule has 0 saturated heterocycles. The summed E-state index contributed by atoms with van der Waals surface area (Å²) in [6.07, 6.45) is 0. The number of rotatable bonds is 3. The van der Waals surface area contributed by atoms with Gasteiger partial charge in [-0.05, 0) is 12.1 Å². The molecule has 0 unspecified atom stereocenters. The molecule has 0 bridgehead atoms. The number of carbonyl (C=O) groups is 1. The van der Waals surface area contributed by atoms with Gasteiger partial charge in [0.05, 0.1) is 19.8 Å². The van der Waals surface area contributed by atoms with Gasteiger partial charge in [-0.25, -0.2) is 4.79 Å². The van der Waals surface area contributed by atoms with Crippen molar-refractivity contribution in [3.63, 3.8) is 0 Å². The van der Waals surface area contributed by atoms with Crippen molar-refractivity contribution in [2.75, 3.05) is 14.2 Å². The topological polar surface area (TPSA) is 74.2 Å². The molecule has 6 nitrogen and oxygen atoms in total. The van der Waals surface area contributed by atoms with Gasteiger partial charge in [0.1, 0.15) is 29.8 Å². The molecule has 7 heteroatoms. The Morgan fingerprint density at radius 3 is 2.38 bits per heavy atom. The number of aromatic hydroxyl groups is 1. The molecular weight excluding hydrogens is 300 g/mol. The van der Waals surface area contributed by atoms with Crippen LogP contribution >= 0.6 is 11.9 Å². The molecule has 0 aromatic heterocycles. The van der Waals surface area contributed by atoms with E-state index in [1.54, 1.807) is 12.1 Å². The highest BCUT2D eigenvalue weighted by molar-refractivity contribution is 6.13. The van der Waals surface area contributed by atoms with Crippen molar-refractivity contribution in [1.82, 2.24) is 0 Å². The van der Waals surface area contributed by atoms with Gasteiger partial charge in [0.2, 0.25) is 0 Å². The van der Waals surface area contributed by atoms with Gasteiger partial charge < -0.3 is 23.6 Å². The van der Waals surface area contributed by atoms with Crippen LogP contribution in [-0.2, 0) is 11.3 Å². The molecule has 2 aromatic carbocycles. The van der Waals surface area contributed by atoms with E-state index in [1.165, 1.54) is 14.2 Å². The highest BCUT2D eigenvalue weighted by Gasteiger charge is 2.32. The van der Waals surface area contributed by atoms with Crippen molar-refractivity contribution in [2.24, 2.45) is 0 Å². The van der Waals surface area contributed by atoms with Gasteiger partial charge in [0.25, 0.3) is 0 Å². The fourth-order valence-electron chi connectivity index (χ4n) is 2.47. The summed E-state index contributed by atoms with van der Waals surface area (Å²) >= 11 is 5.54. The summed E-state index contributed by atoms with van der Waals surface area (Å²) in [6, 6.07) is 3.17. The van der Waals surface area contributed by atoms with Crippen molar-refractivity contribution in [3.05, 3.63) is 23.3 Å². The van der Waals surface area contributed by atoms with Crippen LogP contribution in [0.25, 0.3) is 10.8 Å². The number of hydrogen-bond acceptors (Lipinski definition) is 6. The van der Waals surface area contributed by atoms with Crippen LogP contribution in [0.2, 0.25) is 0 Å². The smallest absolute Gasteiger partial charge is 0.342 e. The summed E-state index contributed by atoms with van der Waals surface area (Å²) in [7, 11) is 2.96. The molecule has 0 saturated carbocycles. The van der Waals surface area contributed by atoms with Crippen LogP contribution < -0.4 is 13.8 Å². The van der Waals surface area contributed by atoms with Crippen LogP contribution in [-0.4, -0.2) is 25.3 Å². The number of methoxy groups -OCH3 is 2. The predicted molar refractivity (Wildman–Crippen MR) is 74.3 cm³/mol. The Bertz CT molecular complexity index is 755. The van der Waals surface area contributed by atoms with E-state index in [-0.39, 0.29) is 23.7 Å². The van der Waals surface area contributed by atoms with E-state index in [4.69, 9.17) is 30.4 Å². The second kappa shape index (κ2) is 4.89. The number of benzene rings is 2. The van der Waals surface area contributed by atoms with Crippen LogP contribution in [0.3, 0.4) is 0 Å². The lowest BCUT2D eigenvalue weighted by Gasteiger charge is -2.14. The molecular formula is C14H11ClO6. The standard InChI is InChI=1S/C14H11ClO6/c1-18-9-3-6-7(4-10(9)19-2)13(21-15)8-5-20-14(17)11(8)12(6)16/h3-4,16H,5H2,1-2H3. The van der Waals surface area contributed by atoms with Gasteiger partial charge in [-0.3, -0.25) is 0 Å². The molecule has 2 aromatic rings. The van der Waals surface area contributed by atoms with Gasteiger partial charge in [-0.15, -0.1) is 0 Å². The van der Waals surface area contributed by atoms with Gasteiger partial charge in [-0.2, -0.15) is 0 Å². The lowest BCUT2D eigenvalue weighted by atomic mass is 9.99. The number of cyclic esters (lactones) is 1. The normalized spacial score (nSPS) is 13.0. The highest BCUT2D eigenvalue weighted by atomic mass is 35.5. The van der Waals surface area contributed by atoms with E-state index >= 15 is 0 Å². The van der Waals surface area contributed by atoms with Crippen LogP contribution in [0.4, 0.5) is 0 Å². The Kier molecular flexibility index (Phi) is 3.17. The number of fused-ring (bicyclic) bond motifs is 2. The zero-order valence-electron chi connectivity index (χ0n) is 11.2. The quantitative estimate of drug-likeness (QED) is 0.879. The number of hydrogen-bond donors (Lipinski definition) is 1. The van der Waals surface area contributed by atoms with Crippen molar-refractivity contribution in [1.29, 1.82) is 0 Å². The van der Waals surface area contributed by atoms with E-state index in [2.05, 4.69) is 0 Å². The Balaban J connectivity index is 2.45. The third-order valence-electron chi connectivity index (χ3n) is 3.47. The maximum Gasteiger partial charge on any atom is 0.342 e. The summed E-state index contributed by atoms with van der Waals surface area (Å²) < 4.78 is 20.2. The summed E-state index contributed by atoms with van der Waals surface area (Å²) in [5.41, 5.74) is 0.470. The predicted octanol–water partition coefficient (Wildman–Crippen LogP) is 2.77. The first kappa shape index (κ1) is 13.6. The third kappa shape index (κ3) is 1.83. The summed E-state index contributed by atoms with van der Waals surface area (Å²) in [4.78, 5) is 11.7. The van der Waals surface area contributed by atoms with Gasteiger partial charge >= 0.3 is 5.97 Å². The van der Waals surface area contributed by atoms with Crippen LogP contribution in [0.1, 0.15) is 15.9 Å². The first-order chi connectivity index (χ1) is 10.1. The SMILES string of the molecule is COc1cc2c(O)c3c(c(OCl)c2cc1OC)COC3=O. The third-order valence-corrected chi connectivity index (χ3v) is 3.62. The van der Waals surface area contributed by atoms with Crippen molar-refractivity contribution < 1.29 is 28.4 Å². The van der Waals surface area contributed by atoms with Crippen LogP contribution in [0, 0.1) is 0 Å². The highest BCUT2D eigenvalue weighted by Crippen LogP contribution is 2.47.